The molecule has 186 valence electrons. The number of carbonyl (C=O) groups excluding carboxylic acids is 1. The third kappa shape index (κ3) is 4.62. The van der Waals surface area contributed by atoms with Gasteiger partial charge in [-0.15, -0.1) is 0 Å². The number of anilines is 3. The van der Waals surface area contributed by atoms with Crippen molar-refractivity contribution in [1.82, 2.24) is 19.5 Å². The maximum Gasteiger partial charge on any atom is 0.225 e. The van der Waals surface area contributed by atoms with Gasteiger partial charge >= 0.3 is 0 Å². The number of nitrogens with two attached hydrogens (primary N) is 1. The van der Waals surface area contributed by atoms with E-state index in [2.05, 4.69) is 25.6 Å². The first-order valence-corrected chi connectivity index (χ1v) is 11.7. The van der Waals surface area contributed by atoms with Gasteiger partial charge in [0.05, 0.1) is 18.3 Å². The molecule has 2 aliphatic rings. The quantitative estimate of drug-likeness (QED) is 0.417. The predicted octanol–water partition coefficient (Wildman–Crippen LogP) is 3.53. The standard InChI is InChI=1S/C23H26F3N7O2/c24-12-8-14(25)19(15(26)9-12)31-23-30-17-10-28-22(29-16-2-1-3-18(16)34)32-21(17)33(23)13-6-4-11(5-7-13)20(27)35/h8-11,13,16,18,34H,1-7H2,(H2,27,35)(H,30,31)(H,28,29,32)/t11-,13+,16-,18-/m0/s1. The summed E-state index contributed by atoms with van der Waals surface area (Å²) >= 11 is 0. The number of rotatable bonds is 6. The number of amides is 1. The van der Waals surface area contributed by atoms with E-state index in [9.17, 15) is 23.1 Å². The number of aliphatic hydroxyl groups excluding tert-OH is 1. The number of hydrogen-bond acceptors (Lipinski definition) is 7. The summed E-state index contributed by atoms with van der Waals surface area (Å²) in [5, 5.41) is 16.0. The third-order valence-electron chi connectivity index (χ3n) is 6.93. The van der Waals surface area contributed by atoms with Crippen molar-refractivity contribution >= 4 is 34.7 Å². The zero-order valence-electron chi connectivity index (χ0n) is 18.8. The van der Waals surface area contributed by atoms with E-state index < -0.39 is 29.2 Å². The van der Waals surface area contributed by atoms with Gasteiger partial charge in [-0.2, -0.15) is 4.98 Å². The second-order valence-electron chi connectivity index (χ2n) is 9.23. The molecular formula is C23H26F3N7O2. The Kier molecular flexibility index (Phi) is 6.22. The number of imidazole rings is 1. The Morgan fingerprint density at radius 3 is 2.40 bits per heavy atom. The van der Waals surface area contributed by atoms with Crippen molar-refractivity contribution in [1.29, 1.82) is 0 Å². The number of nitrogens with zero attached hydrogens (tertiary/aromatic N) is 4. The zero-order valence-corrected chi connectivity index (χ0v) is 18.8. The second kappa shape index (κ2) is 9.33. The first-order valence-electron chi connectivity index (χ1n) is 11.7. The summed E-state index contributed by atoms with van der Waals surface area (Å²) < 4.78 is 44.0. The lowest BCUT2D eigenvalue weighted by atomic mass is 9.85. The number of fused-ring (bicyclic) bond motifs is 1. The maximum atomic E-state index is 14.4. The minimum atomic E-state index is -1.10. The Labute approximate surface area is 199 Å². The third-order valence-corrected chi connectivity index (χ3v) is 6.93. The minimum absolute atomic E-state index is 0.124. The molecule has 1 amide bonds. The number of primary amides is 1. The van der Waals surface area contributed by atoms with Crippen molar-refractivity contribution in [2.75, 3.05) is 10.6 Å². The first kappa shape index (κ1) is 23.3. The number of carbonyl (C=O) groups is 1. The highest BCUT2D eigenvalue weighted by atomic mass is 19.1. The van der Waals surface area contributed by atoms with Crippen molar-refractivity contribution in [3.05, 3.63) is 35.8 Å². The van der Waals surface area contributed by atoms with Gasteiger partial charge < -0.3 is 21.5 Å². The van der Waals surface area contributed by atoms with E-state index in [4.69, 9.17) is 5.73 Å². The molecule has 2 aliphatic carbocycles. The molecule has 0 spiro atoms. The van der Waals surface area contributed by atoms with E-state index in [0.717, 1.165) is 12.8 Å². The number of aliphatic hydroxyl groups is 1. The Morgan fingerprint density at radius 1 is 1.06 bits per heavy atom. The highest BCUT2D eigenvalue weighted by Crippen LogP contribution is 2.37. The molecule has 0 unspecified atom stereocenters. The Balaban J connectivity index is 1.54. The van der Waals surface area contributed by atoms with Crippen LogP contribution in [0.1, 0.15) is 51.0 Å². The normalized spacial score (nSPS) is 24.6. The smallest absolute Gasteiger partial charge is 0.225 e. The zero-order chi connectivity index (χ0) is 24.7. The molecule has 1 aromatic carbocycles. The fraction of sp³-hybridized carbons (Fsp3) is 0.478. The van der Waals surface area contributed by atoms with E-state index in [-0.39, 0.29) is 29.9 Å². The molecule has 0 aliphatic heterocycles. The van der Waals surface area contributed by atoms with Crippen molar-refractivity contribution in [2.24, 2.45) is 11.7 Å². The molecule has 2 atom stereocenters. The lowest BCUT2D eigenvalue weighted by Gasteiger charge is -2.29. The van der Waals surface area contributed by atoms with Gasteiger partial charge in [0.1, 0.15) is 17.0 Å². The Morgan fingerprint density at radius 2 is 1.77 bits per heavy atom. The molecular weight excluding hydrogens is 463 g/mol. The lowest BCUT2D eigenvalue weighted by Crippen LogP contribution is -2.29. The monoisotopic (exact) mass is 489 g/mol. The second-order valence-corrected chi connectivity index (χ2v) is 9.23. The van der Waals surface area contributed by atoms with Crippen LogP contribution in [0, 0.1) is 23.4 Å². The van der Waals surface area contributed by atoms with Crippen LogP contribution in [0.4, 0.5) is 30.8 Å². The van der Waals surface area contributed by atoms with Gasteiger partial charge in [0, 0.05) is 24.1 Å². The summed E-state index contributed by atoms with van der Waals surface area (Å²) in [6.07, 6.45) is 5.66. The Hall–Kier alpha value is -3.41. The average Bonchev–Trinajstić information content (AvgIpc) is 3.38. The summed E-state index contributed by atoms with van der Waals surface area (Å²) in [6, 6.07) is 0.829. The number of aromatic nitrogens is 4. The molecule has 2 fully saturated rings. The fourth-order valence-corrected chi connectivity index (χ4v) is 5.06. The largest absolute Gasteiger partial charge is 0.391 e. The fourth-order valence-electron chi connectivity index (χ4n) is 5.06. The van der Waals surface area contributed by atoms with Crippen LogP contribution in [0.15, 0.2) is 18.3 Å². The van der Waals surface area contributed by atoms with Crippen LogP contribution in [0.5, 0.6) is 0 Å². The number of nitrogens with one attached hydrogen (secondary N) is 2. The predicted molar refractivity (Wildman–Crippen MR) is 122 cm³/mol. The van der Waals surface area contributed by atoms with Crippen molar-refractivity contribution < 1.29 is 23.1 Å². The van der Waals surface area contributed by atoms with E-state index in [0.29, 0.717) is 61.3 Å². The van der Waals surface area contributed by atoms with Crippen LogP contribution in [-0.4, -0.2) is 42.7 Å². The van der Waals surface area contributed by atoms with Gasteiger partial charge in [-0.1, -0.05) is 0 Å². The molecule has 0 radical (unpaired) electrons. The van der Waals surface area contributed by atoms with Gasteiger partial charge in [0.2, 0.25) is 17.8 Å². The van der Waals surface area contributed by atoms with Gasteiger partial charge in [0.25, 0.3) is 0 Å². The van der Waals surface area contributed by atoms with Gasteiger partial charge in [-0.05, 0) is 44.9 Å². The SMILES string of the molecule is NC(=O)[C@H]1CC[C@@H](n2c(Nc3c(F)cc(F)cc3F)nc3cnc(N[C@H]4CCC[C@@H]4O)nc32)CC1. The first-order chi connectivity index (χ1) is 16.8. The summed E-state index contributed by atoms with van der Waals surface area (Å²) in [4.78, 5) is 25.0. The van der Waals surface area contributed by atoms with E-state index in [1.165, 1.54) is 6.20 Å². The van der Waals surface area contributed by atoms with Crippen molar-refractivity contribution in [2.45, 2.75) is 63.1 Å². The van der Waals surface area contributed by atoms with E-state index >= 15 is 0 Å². The number of hydrogen-bond donors (Lipinski definition) is 4. The molecule has 5 N–H and O–H groups in total. The lowest BCUT2D eigenvalue weighted by molar-refractivity contribution is -0.122. The van der Waals surface area contributed by atoms with E-state index in [1.807, 2.05) is 0 Å². The highest BCUT2D eigenvalue weighted by molar-refractivity contribution is 5.78. The van der Waals surface area contributed by atoms with E-state index in [1.54, 1.807) is 4.57 Å². The molecule has 9 nitrogen and oxygen atoms in total. The van der Waals surface area contributed by atoms with Crippen molar-refractivity contribution in [3.63, 3.8) is 0 Å². The summed E-state index contributed by atoms with van der Waals surface area (Å²) in [5.74, 6) is -3.37. The molecule has 0 saturated heterocycles. The van der Waals surface area contributed by atoms with Crippen LogP contribution in [0.2, 0.25) is 0 Å². The highest BCUT2D eigenvalue weighted by Gasteiger charge is 2.30. The van der Waals surface area contributed by atoms with Crippen LogP contribution in [0.3, 0.4) is 0 Å². The molecule has 2 heterocycles. The number of halogens is 3. The molecule has 2 aromatic heterocycles. The van der Waals surface area contributed by atoms with Crippen LogP contribution in [0.25, 0.3) is 11.2 Å². The molecule has 5 rings (SSSR count). The molecule has 0 bridgehead atoms. The van der Waals surface area contributed by atoms with Gasteiger partial charge in [-0.3, -0.25) is 9.36 Å². The summed E-state index contributed by atoms with van der Waals surface area (Å²) in [6.45, 7) is 0. The molecule has 12 heteroatoms. The van der Waals surface area contributed by atoms with Gasteiger partial charge in [-0.25, -0.2) is 23.1 Å². The minimum Gasteiger partial charge on any atom is -0.391 e. The Bertz CT molecular complexity index is 1240. The molecule has 3 aromatic rings. The summed E-state index contributed by atoms with van der Waals surface area (Å²) in [7, 11) is 0. The summed E-state index contributed by atoms with van der Waals surface area (Å²) in [5.41, 5.74) is 5.77. The average molecular weight is 490 g/mol. The molecule has 35 heavy (non-hydrogen) atoms. The van der Waals surface area contributed by atoms with Crippen LogP contribution < -0.4 is 16.4 Å². The van der Waals surface area contributed by atoms with Crippen molar-refractivity contribution in [3.8, 4) is 0 Å². The van der Waals surface area contributed by atoms with Crippen LogP contribution >= 0.6 is 0 Å². The maximum absolute atomic E-state index is 14.4. The molecule has 2 saturated carbocycles. The van der Waals surface area contributed by atoms with Crippen LogP contribution in [-0.2, 0) is 4.79 Å². The topological polar surface area (TPSA) is 131 Å². The number of benzene rings is 1. The van der Waals surface area contributed by atoms with Gasteiger partial charge in [0.15, 0.2) is 17.3 Å².